The number of hydrogen-bond acceptors (Lipinski definition) is 0. The quantitative estimate of drug-likeness (QED) is 0.711. The molecule has 1 aromatic rings. The summed E-state index contributed by atoms with van der Waals surface area (Å²) in [5.74, 6) is 0.643. The summed E-state index contributed by atoms with van der Waals surface area (Å²) in [6, 6.07) is 8.02. The molecular formula is C10H12BrCl. The molecule has 12 heavy (non-hydrogen) atoms. The highest BCUT2D eigenvalue weighted by Crippen LogP contribution is 2.19. The van der Waals surface area contributed by atoms with E-state index in [9.17, 15) is 0 Å². The van der Waals surface area contributed by atoms with E-state index in [2.05, 4.69) is 28.9 Å². The predicted octanol–water partition coefficient (Wildman–Crippen LogP) is 3.91. The molecule has 0 heterocycles. The Morgan fingerprint density at radius 1 is 1.42 bits per heavy atom. The van der Waals surface area contributed by atoms with Crippen LogP contribution < -0.4 is 0 Å². The Balaban J connectivity index is 2.69. The molecule has 0 saturated carbocycles. The summed E-state index contributed by atoms with van der Waals surface area (Å²) in [6.07, 6.45) is 1.05. The minimum absolute atomic E-state index is 0.643. The topological polar surface area (TPSA) is 0 Å². The second-order valence-corrected chi connectivity index (χ2v) is 4.11. The molecule has 0 nitrogen and oxygen atoms in total. The fraction of sp³-hybridized carbons (Fsp3) is 0.400. The van der Waals surface area contributed by atoms with Gasteiger partial charge in [0.25, 0.3) is 0 Å². The molecule has 0 amide bonds. The maximum Gasteiger partial charge on any atom is 0.0438 e. The average molecular weight is 248 g/mol. The fourth-order valence-corrected chi connectivity index (χ4v) is 1.54. The molecule has 0 saturated heterocycles. The smallest absolute Gasteiger partial charge is 0.0438 e. The summed E-state index contributed by atoms with van der Waals surface area (Å²) in [5.41, 5.74) is 1.24. The Morgan fingerprint density at radius 3 is 2.67 bits per heavy atom. The van der Waals surface area contributed by atoms with Gasteiger partial charge in [-0.1, -0.05) is 52.7 Å². The van der Waals surface area contributed by atoms with E-state index in [0.29, 0.717) is 5.92 Å². The third-order valence-electron chi connectivity index (χ3n) is 1.79. The first-order valence-electron chi connectivity index (χ1n) is 4.03. The molecule has 1 aromatic carbocycles. The van der Waals surface area contributed by atoms with E-state index in [0.717, 1.165) is 16.8 Å². The molecule has 0 bridgehead atoms. The molecule has 0 aliphatic heterocycles. The minimum atomic E-state index is 0.643. The SMILES string of the molecule is CC(CBr)Cc1ccccc1Cl. The van der Waals surface area contributed by atoms with Gasteiger partial charge in [0.2, 0.25) is 0 Å². The maximum absolute atomic E-state index is 6.01. The molecule has 0 aromatic heterocycles. The van der Waals surface area contributed by atoms with Crippen molar-refractivity contribution in [2.75, 3.05) is 5.33 Å². The summed E-state index contributed by atoms with van der Waals surface area (Å²) in [6.45, 7) is 2.21. The van der Waals surface area contributed by atoms with Crippen molar-refractivity contribution >= 4 is 27.5 Å². The normalized spacial score (nSPS) is 12.9. The van der Waals surface area contributed by atoms with E-state index in [-0.39, 0.29) is 0 Å². The molecule has 1 atom stereocenters. The first-order chi connectivity index (χ1) is 5.74. The molecule has 0 N–H and O–H groups in total. The number of benzene rings is 1. The third kappa shape index (κ3) is 2.80. The standard InChI is InChI=1S/C10H12BrCl/c1-8(7-11)6-9-4-2-3-5-10(9)12/h2-5,8H,6-7H2,1H3. The van der Waals surface area contributed by atoms with Gasteiger partial charge >= 0.3 is 0 Å². The first-order valence-corrected chi connectivity index (χ1v) is 5.53. The number of alkyl halides is 1. The van der Waals surface area contributed by atoms with Crippen molar-refractivity contribution < 1.29 is 0 Å². The highest BCUT2D eigenvalue weighted by Gasteiger charge is 2.04. The van der Waals surface area contributed by atoms with Crippen LogP contribution in [0.4, 0.5) is 0 Å². The molecule has 0 radical (unpaired) electrons. The predicted molar refractivity (Wildman–Crippen MR) is 58.1 cm³/mol. The van der Waals surface area contributed by atoms with Gasteiger partial charge in [0.05, 0.1) is 0 Å². The van der Waals surface area contributed by atoms with Gasteiger partial charge in [0.1, 0.15) is 0 Å². The number of hydrogen-bond donors (Lipinski definition) is 0. The summed E-state index contributed by atoms with van der Waals surface area (Å²) in [7, 11) is 0. The number of rotatable bonds is 3. The average Bonchev–Trinajstić information content (AvgIpc) is 2.09. The van der Waals surface area contributed by atoms with E-state index in [1.807, 2.05) is 18.2 Å². The zero-order valence-electron chi connectivity index (χ0n) is 7.06. The van der Waals surface area contributed by atoms with E-state index in [4.69, 9.17) is 11.6 Å². The summed E-state index contributed by atoms with van der Waals surface area (Å²) < 4.78 is 0. The van der Waals surface area contributed by atoms with Crippen LogP contribution in [0.5, 0.6) is 0 Å². The molecule has 0 aliphatic rings. The van der Waals surface area contributed by atoms with E-state index >= 15 is 0 Å². The monoisotopic (exact) mass is 246 g/mol. The van der Waals surface area contributed by atoms with Crippen LogP contribution in [0.25, 0.3) is 0 Å². The maximum atomic E-state index is 6.01. The van der Waals surface area contributed by atoms with Crippen LogP contribution in [-0.4, -0.2) is 5.33 Å². The molecule has 0 aliphatic carbocycles. The van der Waals surface area contributed by atoms with Crippen molar-refractivity contribution in [3.05, 3.63) is 34.9 Å². The summed E-state index contributed by atoms with van der Waals surface area (Å²) in [5, 5.41) is 1.91. The van der Waals surface area contributed by atoms with Crippen LogP contribution in [0, 0.1) is 5.92 Å². The van der Waals surface area contributed by atoms with Crippen LogP contribution >= 0.6 is 27.5 Å². The van der Waals surface area contributed by atoms with Gasteiger partial charge in [-0.15, -0.1) is 0 Å². The van der Waals surface area contributed by atoms with Gasteiger partial charge in [-0.3, -0.25) is 0 Å². The lowest BCUT2D eigenvalue weighted by Gasteiger charge is -2.08. The summed E-state index contributed by atoms with van der Waals surface area (Å²) >= 11 is 9.46. The van der Waals surface area contributed by atoms with Gasteiger partial charge in [0, 0.05) is 10.4 Å². The van der Waals surface area contributed by atoms with Gasteiger partial charge in [-0.2, -0.15) is 0 Å². The van der Waals surface area contributed by atoms with E-state index in [1.54, 1.807) is 0 Å². The lowest BCUT2D eigenvalue weighted by atomic mass is 10.0. The van der Waals surface area contributed by atoms with Crippen LogP contribution in [0.2, 0.25) is 5.02 Å². The summed E-state index contributed by atoms with van der Waals surface area (Å²) in [4.78, 5) is 0. The highest BCUT2D eigenvalue weighted by atomic mass is 79.9. The highest BCUT2D eigenvalue weighted by molar-refractivity contribution is 9.09. The van der Waals surface area contributed by atoms with Crippen molar-refractivity contribution in [3.8, 4) is 0 Å². The van der Waals surface area contributed by atoms with Crippen molar-refractivity contribution in [2.45, 2.75) is 13.3 Å². The number of halogens is 2. The Morgan fingerprint density at radius 2 is 2.08 bits per heavy atom. The van der Waals surface area contributed by atoms with E-state index in [1.165, 1.54) is 5.56 Å². The first kappa shape index (κ1) is 10.1. The Kier molecular flexibility index (Phi) is 4.10. The van der Waals surface area contributed by atoms with Crippen LogP contribution in [0.1, 0.15) is 12.5 Å². The van der Waals surface area contributed by atoms with Crippen molar-refractivity contribution in [3.63, 3.8) is 0 Å². The molecule has 0 fully saturated rings. The fourth-order valence-electron chi connectivity index (χ4n) is 1.09. The molecule has 66 valence electrons. The lowest BCUT2D eigenvalue weighted by Crippen LogP contribution is -2.00. The zero-order chi connectivity index (χ0) is 8.97. The zero-order valence-corrected chi connectivity index (χ0v) is 9.40. The van der Waals surface area contributed by atoms with Crippen LogP contribution in [0.3, 0.4) is 0 Å². The second-order valence-electron chi connectivity index (χ2n) is 3.06. The van der Waals surface area contributed by atoms with Crippen molar-refractivity contribution in [1.82, 2.24) is 0 Å². The van der Waals surface area contributed by atoms with Gasteiger partial charge in [-0.05, 0) is 24.0 Å². The lowest BCUT2D eigenvalue weighted by molar-refractivity contribution is 0.663. The molecule has 2 heteroatoms. The van der Waals surface area contributed by atoms with Crippen LogP contribution in [-0.2, 0) is 6.42 Å². The molecule has 1 unspecified atom stereocenters. The van der Waals surface area contributed by atoms with Gasteiger partial charge in [-0.25, -0.2) is 0 Å². The van der Waals surface area contributed by atoms with Gasteiger partial charge < -0.3 is 0 Å². The van der Waals surface area contributed by atoms with E-state index < -0.39 is 0 Å². The second kappa shape index (κ2) is 4.88. The molecular weight excluding hydrogens is 235 g/mol. The largest absolute Gasteiger partial charge is 0.0925 e. The Bertz CT molecular complexity index is 247. The van der Waals surface area contributed by atoms with Crippen molar-refractivity contribution in [2.24, 2.45) is 5.92 Å². The molecule has 1 rings (SSSR count). The van der Waals surface area contributed by atoms with Crippen molar-refractivity contribution in [1.29, 1.82) is 0 Å². The third-order valence-corrected chi connectivity index (χ3v) is 3.26. The van der Waals surface area contributed by atoms with Gasteiger partial charge in [0.15, 0.2) is 0 Å². The minimum Gasteiger partial charge on any atom is -0.0925 e. The molecule has 0 spiro atoms. The Labute approximate surface area is 87.1 Å². The van der Waals surface area contributed by atoms with Crippen LogP contribution in [0.15, 0.2) is 24.3 Å². The Hall–Kier alpha value is -0.0100.